The van der Waals surface area contributed by atoms with Gasteiger partial charge in [0, 0.05) is 17.6 Å². The highest BCUT2D eigenvalue weighted by Gasteiger charge is 2.15. The van der Waals surface area contributed by atoms with Crippen LogP contribution < -0.4 is 10.6 Å². The fraction of sp³-hybridized carbons (Fsp3) is 0.200. The maximum absolute atomic E-state index is 12.5. The molecule has 0 fully saturated rings. The molecule has 0 bridgehead atoms. The summed E-state index contributed by atoms with van der Waals surface area (Å²) in [4.78, 5) is 12.2. The average molecular weight is 399 g/mol. The highest BCUT2D eigenvalue weighted by atomic mass is 32.2. The first-order valence-electron chi connectivity index (χ1n) is 8.48. The molecule has 2 aromatic rings. The van der Waals surface area contributed by atoms with Crippen LogP contribution in [0.25, 0.3) is 0 Å². The summed E-state index contributed by atoms with van der Waals surface area (Å²) in [7, 11) is -4.35. The first-order chi connectivity index (χ1) is 13.1. The van der Waals surface area contributed by atoms with Crippen molar-refractivity contribution < 1.29 is 17.8 Å². The van der Waals surface area contributed by atoms with Gasteiger partial charge in [-0.1, -0.05) is 38.1 Å². The van der Waals surface area contributed by atoms with Crippen LogP contribution in [0.4, 0.5) is 11.4 Å². The van der Waals surface area contributed by atoms with Gasteiger partial charge in [-0.15, -0.1) is 0 Å². The minimum Gasteiger partial charge on any atom is -0.360 e. The monoisotopic (exact) mass is 399 g/mol. The minimum absolute atomic E-state index is 0.185. The number of nitrogens with zero attached hydrogens (tertiary/aromatic N) is 1. The Bertz CT molecular complexity index is 1070. The van der Waals surface area contributed by atoms with Crippen molar-refractivity contribution >= 4 is 27.4 Å². The van der Waals surface area contributed by atoms with E-state index < -0.39 is 16.0 Å². The number of hydrogen-bond acceptors (Lipinski definition) is 5. The van der Waals surface area contributed by atoms with E-state index in [1.807, 2.05) is 45.0 Å². The topological polar surface area (TPSA) is 119 Å². The number of benzene rings is 2. The van der Waals surface area contributed by atoms with Gasteiger partial charge in [-0.05, 0) is 42.2 Å². The molecule has 0 aliphatic heterocycles. The third kappa shape index (κ3) is 5.19. The molecule has 2 aromatic carbocycles. The van der Waals surface area contributed by atoms with Crippen LogP contribution in [0, 0.1) is 18.3 Å². The third-order valence-electron chi connectivity index (χ3n) is 4.05. The molecule has 1 amide bonds. The van der Waals surface area contributed by atoms with Gasteiger partial charge in [0.05, 0.1) is 4.90 Å². The highest BCUT2D eigenvalue weighted by molar-refractivity contribution is 7.85. The maximum atomic E-state index is 12.5. The van der Waals surface area contributed by atoms with Gasteiger partial charge < -0.3 is 10.6 Å². The van der Waals surface area contributed by atoms with Gasteiger partial charge in [-0.2, -0.15) is 13.7 Å². The molecule has 146 valence electrons. The zero-order valence-electron chi connectivity index (χ0n) is 15.7. The largest absolute Gasteiger partial charge is 0.360 e. The second-order valence-electron chi connectivity index (χ2n) is 6.47. The minimum atomic E-state index is -4.35. The third-order valence-corrected chi connectivity index (χ3v) is 4.90. The second kappa shape index (κ2) is 8.69. The maximum Gasteiger partial charge on any atom is 0.294 e. The molecule has 0 aromatic heterocycles. The van der Waals surface area contributed by atoms with Gasteiger partial charge in [0.1, 0.15) is 11.6 Å². The SMILES string of the molecule is Cc1cccc(C(C)C)c1NC(=O)/C(C#N)=C\Nc1cccc(S(=O)(=O)O)c1. The second-order valence-corrected chi connectivity index (χ2v) is 7.89. The average Bonchev–Trinajstić information content (AvgIpc) is 2.63. The summed E-state index contributed by atoms with van der Waals surface area (Å²) in [5.41, 5.74) is 2.62. The molecule has 0 aliphatic carbocycles. The highest BCUT2D eigenvalue weighted by Crippen LogP contribution is 2.27. The van der Waals surface area contributed by atoms with Gasteiger partial charge in [0.25, 0.3) is 16.0 Å². The number of carbonyl (C=O) groups excluding carboxylic acids is 1. The standard InChI is InChI=1S/C20H21N3O4S/c1-13(2)18-9-4-6-14(3)19(18)23-20(24)15(11-21)12-22-16-7-5-8-17(10-16)28(25,26)27/h4-10,12-13,22H,1-3H3,(H,23,24)(H,25,26,27)/b15-12-. The molecule has 2 rings (SSSR count). The number of nitriles is 1. The lowest BCUT2D eigenvalue weighted by Gasteiger charge is -2.16. The van der Waals surface area contributed by atoms with E-state index in [0.717, 1.165) is 11.1 Å². The quantitative estimate of drug-likeness (QED) is 0.386. The van der Waals surface area contributed by atoms with E-state index in [1.165, 1.54) is 30.5 Å². The van der Waals surface area contributed by atoms with Crippen LogP contribution >= 0.6 is 0 Å². The summed E-state index contributed by atoms with van der Waals surface area (Å²) in [5, 5.41) is 14.8. The van der Waals surface area contributed by atoms with Crippen molar-refractivity contribution in [1.82, 2.24) is 0 Å². The molecule has 0 spiro atoms. The van der Waals surface area contributed by atoms with E-state index in [0.29, 0.717) is 11.4 Å². The Kier molecular flexibility index (Phi) is 6.57. The van der Waals surface area contributed by atoms with Gasteiger partial charge in [0.2, 0.25) is 0 Å². The van der Waals surface area contributed by atoms with Gasteiger partial charge >= 0.3 is 0 Å². The molecule has 28 heavy (non-hydrogen) atoms. The molecule has 0 atom stereocenters. The number of nitrogens with one attached hydrogen (secondary N) is 2. The molecule has 8 heteroatoms. The Labute approximate surface area is 164 Å². The van der Waals surface area contributed by atoms with Crippen LogP contribution in [-0.4, -0.2) is 18.9 Å². The van der Waals surface area contributed by atoms with E-state index in [1.54, 1.807) is 0 Å². The molecular weight excluding hydrogens is 378 g/mol. The molecule has 0 aliphatic rings. The van der Waals surface area contributed by atoms with E-state index in [4.69, 9.17) is 4.55 Å². The molecule has 3 N–H and O–H groups in total. The first-order valence-corrected chi connectivity index (χ1v) is 9.92. The molecule has 7 nitrogen and oxygen atoms in total. The van der Waals surface area contributed by atoms with Gasteiger partial charge in [-0.25, -0.2) is 0 Å². The van der Waals surface area contributed by atoms with Crippen LogP contribution in [-0.2, 0) is 14.9 Å². The number of anilines is 2. The number of para-hydroxylation sites is 1. The Morgan fingerprint density at radius 3 is 2.50 bits per heavy atom. The summed E-state index contributed by atoms with van der Waals surface area (Å²) in [6.45, 7) is 5.89. The van der Waals surface area contributed by atoms with Crippen molar-refractivity contribution in [2.75, 3.05) is 10.6 Å². The summed E-state index contributed by atoms with van der Waals surface area (Å²) in [5.74, 6) is -0.400. The van der Waals surface area contributed by atoms with Crippen molar-refractivity contribution in [1.29, 1.82) is 5.26 Å². The Hall–Kier alpha value is -3.15. The predicted molar refractivity (Wildman–Crippen MR) is 107 cm³/mol. The fourth-order valence-electron chi connectivity index (χ4n) is 2.57. The van der Waals surface area contributed by atoms with Crippen LogP contribution in [0.3, 0.4) is 0 Å². The smallest absolute Gasteiger partial charge is 0.294 e. The van der Waals surface area contributed by atoms with E-state index in [2.05, 4.69) is 10.6 Å². The van der Waals surface area contributed by atoms with Crippen molar-refractivity contribution in [2.45, 2.75) is 31.6 Å². The van der Waals surface area contributed by atoms with Gasteiger partial charge in [0.15, 0.2) is 0 Å². The zero-order chi connectivity index (χ0) is 20.9. The molecule has 0 radical (unpaired) electrons. The lowest BCUT2D eigenvalue weighted by molar-refractivity contribution is -0.112. The van der Waals surface area contributed by atoms with Crippen LogP contribution in [0.1, 0.15) is 30.9 Å². The Balaban J connectivity index is 2.25. The number of rotatable bonds is 6. The Morgan fingerprint density at radius 2 is 1.89 bits per heavy atom. The number of aryl methyl sites for hydroxylation is 1. The molecule has 0 saturated carbocycles. The first kappa shape index (κ1) is 21.2. The number of hydrogen-bond donors (Lipinski definition) is 3. The van der Waals surface area contributed by atoms with E-state index >= 15 is 0 Å². The van der Waals surface area contributed by atoms with Crippen LogP contribution in [0.15, 0.2) is 59.1 Å². The van der Waals surface area contributed by atoms with Crippen molar-refractivity contribution in [3.8, 4) is 6.07 Å². The predicted octanol–water partition coefficient (Wildman–Crippen LogP) is 3.82. The summed E-state index contributed by atoms with van der Waals surface area (Å²) < 4.78 is 31.5. The molecule has 0 saturated heterocycles. The number of amides is 1. The summed E-state index contributed by atoms with van der Waals surface area (Å²) >= 11 is 0. The summed E-state index contributed by atoms with van der Waals surface area (Å²) in [6.07, 6.45) is 1.19. The van der Waals surface area contributed by atoms with Crippen LogP contribution in [0.5, 0.6) is 0 Å². The van der Waals surface area contributed by atoms with Crippen LogP contribution in [0.2, 0.25) is 0 Å². The molecule has 0 heterocycles. The van der Waals surface area contributed by atoms with Crippen molar-refractivity contribution in [2.24, 2.45) is 0 Å². The van der Waals surface area contributed by atoms with E-state index in [-0.39, 0.29) is 16.4 Å². The lowest BCUT2D eigenvalue weighted by Crippen LogP contribution is -2.17. The number of carbonyl (C=O) groups is 1. The zero-order valence-corrected chi connectivity index (χ0v) is 16.5. The van der Waals surface area contributed by atoms with Gasteiger partial charge in [-0.3, -0.25) is 9.35 Å². The lowest BCUT2D eigenvalue weighted by atomic mass is 9.98. The molecule has 0 unspecified atom stereocenters. The van der Waals surface area contributed by atoms with Crippen molar-refractivity contribution in [3.05, 3.63) is 65.4 Å². The Morgan fingerprint density at radius 1 is 1.21 bits per heavy atom. The molecular formula is C20H21N3O4S. The fourth-order valence-corrected chi connectivity index (χ4v) is 3.10. The summed E-state index contributed by atoms with van der Waals surface area (Å²) in [6, 6.07) is 12.9. The van der Waals surface area contributed by atoms with Crippen molar-refractivity contribution in [3.63, 3.8) is 0 Å². The normalized spacial score (nSPS) is 11.8. The van der Waals surface area contributed by atoms with E-state index in [9.17, 15) is 18.5 Å².